The van der Waals surface area contributed by atoms with Gasteiger partial charge in [0.05, 0.1) is 19.3 Å². The molecule has 1 N–H and O–H groups in total. The summed E-state index contributed by atoms with van der Waals surface area (Å²) >= 11 is 6.00. The molecule has 0 bridgehead atoms. The summed E-state index contributed by atoms with van der Waals surface area (Å²) in [6, 6.07) is 5.60. The van der Waals surface area contributed by atoms with Gasteiger partial charge in [-0.3, -0.25) is 0 Å². The molecular weight excluding hydrogens is 266 g/mol. The van der Waals surface area contributed by atoms with Crippen molar-refractivity contribution in [1.82, 2.24) is 15.5 Å². The Morgan fingerprint density at radius 3 is 3.11 bits per heavy atom. The van der Waals surface area contributed by atoms with E-state index in [0.717, 1.165) is 17.7 Å². The normalized spacial score (nSPS) is 19.6. The Morgan fingerprint density at radius 1 is 1.42 bits per heavy atom. The fourth-order valence-corrected chi connectivity index (χ4v) is 2.21. The van der Waals surface area contributed by atoms with E-state index in [2.05, 4.69) is 15.5 Å². The summed E-state index contributed by atoms with van der Waals surface area (Å²) in [5.74, 6) is 1.11. The molecule has 19 heavy (non-hydrogen) atoms. The summed E-state index contributed by atoms with van der Waals surface area (Å²) in [6.07, 6.45) is 0. The van der Waals surface area contributed by atoms with Crippen molar-refractivity contribution in [2.75, 3.05) is 19.8 Å². The largest absolute Gasteiger partial charge is 0.378 e. The van der Waals surface area contributed by atoms with Gasteiger partial charge in [-0.15, -0.1) is 0 Å². The predicted molar refractivity (Wildman–Crippen MR) is 71.0 cm³/mol. The number of nitrogens with one attached hydrogen (secondary N) is 1. The number of nitrogens with zero attached hydrogens (tertiary/aromatic N) is 2. The van der Waals surface area contributed by atoms with Gasteiger partial charge in [0.15, 0.2) is 5.82 Å². The number of aryl methyl sites for hydroxylation is 1. The van der Waals surface area contributed by atoms with Crippen molar-refractivity contribution < 1.29 is 9.26 Å². The predicted octanol–water partition coefficient (Wildman–Crippen LogP) is 2.36. The third-order valence-corrected chi connectivity index (χ3v) is 3.34. The van der Waals surface area contributed by atoms with Gasteiger partial charge in [0.25, 0.3) is 5.89 Å². The van der Waals surface area contributed by atoms with Gasteiger partial charge in [0, 0.05) is 17.1 Å². The molecule has 1 atom stereocenters. The number of halogens is 1. The number of morpholine rings is 1. The van der Waals surface area contributed by atoms with E-state index in [1.165, 1.54) is 0 Å². The third-order valence-electron chi connectivity index (χ3n) is 3.11. The highest BCUT2D eigenvalue weighted by atomic mass is 35.5. The Bertz CT molecular complexity index is 579. The topological polar surface area (TPSA) is 60.2 Å². The summed E-state index contributed by atoms with van der Waals surface area (Å²) in [5.41, 5.74) is 1.91. The molecule has 1 saturated heterocycles. The quantitative estimate of drug-likeness (QED) is 0.914. The smallest absolute Gasteiger partial charge is 0.258 e. The highest BCUT2D eigenvalue weighted by Gasteiger charge is 2.21. The molecule has 1 aromatic carbocycles. The minimum absolute atomic E-state index is 0.00857. The lowest BCUT2D eigenvalue weighted by molar-refractivity contribution is 0.0734. The lowest BCUT2D eigenvalue weighted by atomic mass is 10.1. The maximum atomic E-state index is 6.00. The Morgan fingerprint density at radius 2 is 2.32 bits per heavy atom. The molecular formula is C13H14ClN3O2. The van der Waals surface area contributed by atoms with Crippen molar-refractivity contribution in [1.29, 1.82) is 0 Å². The van der Waals surface area contributed by atoms with E-state index < -0.39 is 0 Å². The van der Waals surface area contributed by atoms with E-state index in [9.17, 15) is 0 Å². The first-order chi connectivity index (χ1) is 9.24. The number of benzene rings is 1. The molecule has 5 nitrogen and oxygen atoms in total. The number of hydrogen-bond acceptors (Lipinski definition) is 5. The van der Waals surface area contributed by atoms with E-state index in [-0.39, 0.29) is 6.04 Å². The molecule has 0 aliphatic carbocycles. The molecule has 0 spiro atoms. The zero-order valence-corrected chi connectivity index (χ0v) is 11.3. The Labute approximate surface area is 115 Å². The van der Waals surface area contributed by atoms with Crippen LogP contribution >= 0.6 is 11.6 Å². The molecule has 0 saturated carbocycles. The van der Waals surface area contributed by atoms with Crippen LogP contribution in [0.2, 0.25) is 5.02 Å². The van der Waals surface area contributed by atoms with Crippen molar-refractivity contribution in [2.45, 2.75) is 13.0 Å². The molecule has 1 unspecified atom stereocenters. The van der Waals surface area contributed by atoms with Crippen LogP contribution in [-0.4, -0.2) is 29.9 Å². The van der Waals surface area contributed by atoms with Gasteiger partial charge >= 0.3 is 0 Å². The minimum Gasteiger partial charge on any atom is -0.378 e. The molecule has 0 radical (unpaired) electrons. The molecule has 1 aliphatic rings. The van der Waals surface area contributed by atoms with Crippen molar-refractivity contribution in [3.05, 3.63) is 34.6 Å². The van der Waals surface area contributed by atoms with Crippen LogP contribution < -0.4 is 5.32 Å². The fourth-order valence-electron chi connectivity index (χ4n) is 2.04. The van der Waals surface area contributed by atoms with Crippen molar-refractivity contribution in [2.24, 2.45) is 0 Å². The molecule has 100 valence electrons. The standard InChI is InChI=1S/C13H14ClN3O2/c1-8-2-3-9(14)6-10(8)13-16-12(17-19-13)11-7-18-5-4-15-11/h2-3,6,11,15H,4-5,7H2,1H3. The van der Waals surface area contributed by atoms with Crippen LogP contribution in [0.1, 0.15) is 17.4 Å². The molecule has 1 aromatic heterocycles. The Hall–Kier alpha value is -1.43. The van der Waals surface area contributed by atoms with E-state index >= 15 is 0 Å². The number of hydrogen-bond donors (Lipinski definition) is 1. The SMILES string of the molecule is Cc1ccc(Cl)cc1-c1nc(C2COCCN2)no1. The Balaban J connectivity index is 1.89. The second kappa shape index (κ2) is 5.28. The Kier molecular flexibility index (Phi) is 3.50. The van der Waals surface area contributed by atoms with Gasteiger partial charge in [-0.1, -0.05) is 22.8 Å². The lowest BCUT2D eigenvalue weighted by Gasteiger charge is -2.20. The van der Waals surface area contributed by atoms with Gasteiger partial charge in [0.2, 0.25) is 0 Å². The minimum atomic E-state index is -0.00857. The second-order valence-corrected chi connectivity index (χ2v) is 4.94. The first-order valence-electron chi connectivity index (χ1n) is 6.15. The van der Waals surface area contributed by atoms with Crippen molar-refractivity contribution in [3.63, 3.8) is 0 Å². The maximum Gasteiger partial charge on any atom is 0.258 e. The monoisotopic (exact) mass is 279 g/mol. The van der Waals surface area contributed by atoms with Crippen LogP contribution in [0.15, 0.2) is 22.7 Å². The van der Waals surface area contributed by atoms with E-state index in [1.54, 1.807) is 0 Å². The molecule has 3 rings (SSSR count). The average Bonchev–Trinajstić information content (AvgIpc) is 2.92. The van der Waals surface area contributed by atoms with Crippen molar-refractivity contribution in [3.8, 4) is 11.5 Å². The molecule has 2 heterocycles. The molecule has 1 fully saturated rings. The molecule has 0 amide bonds. The highest BCUT2D eigenvalue weighted by Crippen LogP contribution is 2.26. The fraction of sp³-hybridized carbons (Fsp3) is 0.385. The van der Waals surface area contributed by atoms with Crippen LogP contribution in [0.4, 0.5) is 0 Å². The van der Waals surface area contributed by atoms with E-state index in [0.29, 0.717) is 30.0 Å². The molecule has 6 heteroatoms. The number of rotatable bonds is 2. The van der Waals surface area contributed by atoms with Crippen molar-refractivity contribution >= 4 is 11.6 Å². The third kappa shape index (κ3) is 2.63. The average molecular weight is 280 g/mol. The van der Waals surface area contributed by atoms with Crippen LogP contribution in [0, 0.1) is 6.92 Å². The van der Waals surface area contributed by atoms with Crippen LogP contribution in [0.3, 0.4) is 0 Å². The van der Waals surface area contributed by atoms with E-state index in [1.807, 2.05) is 25.1 Å². The van der Waals surface area contributed by atoms with Crippen LogP contribution in [0.5, 0.6) is 0 Å². The maximum absolute atomic E-state index is 6.00. The van der Waals surface area contributed by atoms with E-state index in [4.69, 9.17) is 20.9 Å². The summed E-state index contributed by atoms with van der Waals surface area (Å²) in [5, 5.41) is 7.96. The van der Waals surface area contributed by atoms with Gasteiger partial charge in [-0.25, -0.2) is 0 Å². The zero-order valence-electron chi connectivity index (χ0n) is 10.5. The van der Waals surface area contributed by atoms with Gasteiger partial charge in [-0.05, 0) is 24.6 Å². The summed E-state index contributed by atoms with van der Waals surface area (Å²) in [7, 11) is 0. The summed E-state index contributed by atoms with van der Waals surface area (Å²) < 4.78 is 10.7. The van der Waals surface area contributed by atoms with Gasteiger partial charge in [0.1, 0.15) is 0 Å². The highest BCUT2D eigenvalue weighted by molar-refractivity contribution is 6.30. The number of ether oxygens (including phenoxy) is 1. The van der Waals surface area contributed by atoms with Gasteiger partial charge < -0.3 is 14.6 Å². The van der Waals surface area contributed by atoms with Crippen LogP contribution in [0.25, 0.3) is 11.5 Å². The zero-order chi connectivity index (χ0) is 13.2. The van der Waals surface area contributed by atoms with Gasteiger partial charge in [-0.2, -0.15) is 4.98 Å². The lowest BCUT2D eigenvalue weighted by Crippen LogP contribution is -2.35. The van der Waals surface area contributed by atoms with Crippen LogP contribution in [-0.2, 0) is 4.74 Å². The summed E-state index contributed by atoms with van der Waals surface area (Å²) in [4.78, 5) is 4.43. The molecule has 2 aromatic rings. The first-order valence-corrected chi connectivity index (χ1v) is 6.53. The second-order valence-electron chi connectivity index (χ2n) is 4.50. The summed E-state index contributed by atoms with van der Waals surface area (Å²) in [6.45, 7) is 4.06. The number of aromatic nitrogens is 2. The molecule has 1 aliphatic heterocycles. The first kappa shape index (κ1) is 12.6.